The van der Waals surface area contributed by atoms with Crippen molar-refractivity contribution in [3.8, 4) is 0 Å². The summed E-state index contributed by atoms with van der Waals surface area (Å²) in [5.41, 5.74) is 0.189. The van der Waals surface area contributed by atoms with Crippen molar-refractivity contribution < 1.29 is 27.6 Å². The summed E-state index contributed by atoms with van der Waals surface area (Å²) in [7, 11) is -3.60. The maximum atomic E-state index is 11.1. The van der Waals surface area contributed by atoms with E-state index in [4.69, 9.17) is 10.2 Å². The first-order chi connectivity index (χ1) is 7.39. The highest BCUT2D eigenvalue weighted by Gasteiger charge is 2.09. The number of carboxylic acid groups (broad SMARTS) is 1. The van der Waals surface area contributed by atoms with Gasteiger partial charge in [0.25, 0.3) is 10.1 Å². The monoisotopic (exact) mass is 252 g/mol. The summed E-state index contributed by atoms with van der Waals surface area (Å²) in [5, 5.41) is 16.9. The van der Waals surface area contributed by atoms with Crippen molar-refractivity contribution in [2.75, 3.05) is 19.0 Å². The summed E-state index contributed by atoms with van der Waals surface area (Å²) in [6, 6.07) is 0. The third-order valence-corrected chi connectivity index (χ3v) is 3.05. The molecule has 0 atom stereocenters. The number of hydrogen-bond donors (Lipinski definition) is 2. The minimum absolute atomic E-state index is 0.184. The van der Waals surface area contributed by atoms with Gasteiger partial charge >= 0.3 is 5.97 Å². The fourth-order valence-electron chi connectivity index (χ4n) is 0.889. The molecule has 0 spiro atoms. The van der Waals surface area contributed by atoms with Gasteiger partial charge in [0.2, 0.25) is 0 Å². The average Bonchev–Trinajstić information content (AvgIpc) is 2.21. The molecule has 0 amide bonds. The van der Waals surface area contributed by atoms with Crippen molar-refractivity contribution in [1.82, 2.24) is 0 Å². The van der Waals surface area contributed by atoms with Gasteiger partial charge in [0.1, 0.15) is 0 Å². The van der Waals surface area contributed by atoms with Crippen LogP contribution in [0.5, 0.6) is 0 Å². The highest BCUT2D eigenvalue weighted by atomic mass is 32.2. The number of aliphatic hydroxyl groups is 1. The maximum absolute atomic E-state index is 11.1. The van der Waals surface area contributed by atoms with Gasteiger partial charge in [-0.1, -0.05) is 6.08 Å². The summed E-state index contributed by atoms with van der Waals surface area (Å²) in [6.45, 7) is 0.850. The molecule has 0 saturated heterocycles. The van der Waals surface area contributed by atoms with E-state index in [0.29, 0.717) is 12.8 Å². The van der Waals surface area contributed by atoms with Crippen LogP contribution in [0.1, 0.15) is 19.8 Å². The number of aliphatic hydroxyl groups excluding tert-OH is 1. The third kappa shape index (κ3) is 7.38. The first-order valence-corrected chi connectivity index (χ1v) is 6.35. The van der Waals surface area contributed by atoms with Crippen LogP contribution in [0.2, 0.25) is 0 Å². The fraction of sp³-hybridized carbons (Fsp3) is 0.667. The molecule has 0 rings (SSSR count). The molecule has 0 unspecified atom stereocenters. The van der Waals surface area contributed by atoms with Crippen LogP contribution in [0.4, 0.5) is 0 Å². The molecule has 0 heterocycles. The zero-order valence-electron chi connectivity index (χ0n) is 9.05. The van der Waals surface area contributed by atoms with E-state index in [0.717, 1.165) is 0 Å². The molecule has 0 radical (unpaired) electrons. The SMILES string of the molecule is CC(=CCCCS(=O)(=O)OCCO)C(=O)O. The van der Waals surface area contributed by atoms with Gasteiger partial charge in [-0.3, -0.25) is 4.18 Å². The van der Waals surface area contributed by atoms with Crippen molar-refractivity contribution in [2.24, 2.45) is 0 Å². The maximum Gasteiger partial charge on any atom is 0.330 e. The van der Waals surface area contributed by atoms with Gasteiger partial charge in [0, 0.05) is 5.57 Å². The van der Waals surface area contributed by atoms with Crippen LogP contribution in [0.15, 0.2) is 11.6 Å². The zero-order valence-corrected chi connectivity index (χ0v) is 9.87. The molecule has 0 aliphatic rings. The van der Waals surface area contributed by atoms with Crippen LogP contribution >= 0.6 is 0 Å². The Morgan fingerprint density at radius 1 is 1.44 bits per heavy atom. The lowest BCUT2D eigenvalue weighted by molar-refractivity contribution is -0.132. The van der Waals surface area contributed by atoms with Gasteiger partial charge in [-0.05, 0) is 19.8 Å². The van der Waals surface area contributed by atoms with Crippen LogP contribution in [-0.4, -0.2) is 43.6 Å². The summed E-state index contributed by atoms with van der Waals surface area (Å²) >= 11 is 0. The van der Waals surface area contributed by atoms with E-state index in [9.17, 15) is 13.2 Å². The minimum Gasteiger partial charge on any atom is -0.478 e. The second-order valence-corrected chi connectivity index (χ2v) is 4.90. The lowest BCUT2D eigenvalue weighted by atomic mass is 10.2. The van der Waals surface area contributed by atoms with Gasteiger partial charge in [0.05, 0.1) is 19.0 Å². The Hall–Kier alpha value is -0.920. The summed E-state index contributed by atoms with van der Waals surface area (Å²) in [5.74, 6) is -1.20. The van der Waals surface area contributed by atoms with E-state index in [1.165, 1.54) is 13.0 Å². The molecule has 7 heteroatoms. The van der Waals surface area contributed by atoms with Gasteiger partial charge in [-0.25, -0.2) is 4.79 Å². The van der Waals surface area contributed by atoms with E-state index in [2.05, 4.69) is 4.18 Å². The molecule has 0 aromatic rings. The van der Waals surface area contributed by atoms with Crippen molar-refractivity contribution in [3.05, 3.63) is 11.6 Å². The number of rotatable bonds is 8. The minimum atomic E-state index is -3.60. The molecule has 0 aromatic carbocycles. The average molecular weight is 252 g/mol. The Bertz CT molecular complexity index is 343. The van der Waals surface area contributed by atoms with Gasteiger partial charge < -0.3 is 10.2 Å². The van der Waals surface area contributed by atoms with Crippen molar-refractivity contribution in [3.63, 3.8) is 0 Å². The van der Waals surface area contributed by atoms with Crippen molar-refractivity contribution in [1.29, 1.82) is 0 Å². The van der Waals surface area contributed by atoms with E-state index in [1.54, 1.807) is 0 Å². The lowest BCUT2D eigenvalue weighted by Crippen LogP contribution is -2.13. The Labute approximate surface area is 94.7 Å². The van der Waals surface area contributed by atoms with Crippen molar-refractivity contribution >= 4 is 16.1 Å². The molecule has 16 heavy (non-hydrogen) atoms. The normalized spacial score (nSPS) is 12.8. The van der Waals surface area contributed by atoms with Crippen LogP contribution in [0.3, 0.4) is 0 Å². The molecule has 0 fully saturated rings. The second-order valence-electron chi connectivity index (χ2n) is 3.14. The number of unbranched alkanes of at least 4 members (excludes halogenated alkanes) is 1. The lowest BCUT2D eigenvalue weighted by Gasteiger charge is -2.02. The standard InChI is InChI=1S/C9H16O6S/c1-8(9(11)12)4-2-3-7-16(13,14)15-6-5-10/h4,10H,2-3,5-7H2,1H3,(H,11,12). The van der Waals surface area contributed by atoms with Crippen LogP contribution < -0.4 is 0 Å². The molecule has 0 saturated carbocycles. The molecule has 94 valence electrons. The van der Waals surface area contributed by atoms with Crippen molar-refractivity contribution in [2.45, 2.75) is 19.8 Å². The van der Waals surface area contributed by atoms with E-state index in [-0.39, 0.29) is 24.5 Å². The van der Waals surface area contributed by atoms with Gasteiger partial charge in [0.15, 0.2) is 0 Å². The smallest absolute Gasteiger partial charge is 0.330 e. The Morgan fingerprint density at radius 3 is 2.56 bits per heavy atom. The van der Waals surface area contributed by atoms with Crippen LogP contribution in [0, 0.1) is 0 Å². The number of carboxylic acids is 1. The molecule has 0 aromatic heterocycles. The molecule has 0 bridgehead atoms. The van der Waals surface area contributed by atoms with Crippen LogP contribution in [0.25, 0.3) is 0 Å². The first kappa shape index (κ1) is 15.1. The number of aliphatic carboxylic acids is 1. The topological polar surface area (TPSA) is 101 Å². The summed E-state index contributed by atoms with van der Waals surface area (Å²) in [4.78, 5) is 10.4. The molecule has 6 nitrogen and oxygen atoms in total. The van der Waals surface area contributed by atoms with E-state index >= 15 is 0 Å². The Kier molecular flexibility index (Phi) is 6.95. The quantitative estimate of drug-likeness (QED) is 0.362. The number of hydrogen-bond acceptors (Lipinski definition) is 5. The number of allylic oxidation sites excluding steroid dienone is 1. The van der Waals surface area contributed by atoms with E-state index in [1.807, 2.05) is 0 Å². The largest absolute Gasteiger partial charge is 0.478 e. The second kappa shape index (κ2) is 7.37. The molecular formula is C9H16O6S. The first-order valence-electron chi connectivity index (χ1n) is 4.77. The van der Waals surface area contributed by atoms with Crippen LogP contribution in [-0.2, 0) is 19.1 Å². The Balaban J connectivity index is 3.90. The molecule has 0 aliphatic carbocycles. The van der Waals surface area contributed by atoms with Gasteiger partial charge in [-0.15, -0.1) is 0 Å². The molecular weight excluding hydrogens is 236 g/mol. The Morgan fingerprint density at radius 2 is 2.06 bits per heavy atom. The predicted octanol–water partition coefficient (Wildman–Crippen LogP) is 0.136. The predicted molar refractivity (Wildman–Crippen MR) is 57.5 cm³/mol. The third-order valence-electron chi connectivity index (χ3n) is 1.74. The molecule has 2 N–H and O–H groups in total. The van der Waals surface area contributed by atoms with Gasteiger partial charge in [-0.2, -0.15) is 8.42 Å². The number of carbonyl (C=O) groups is 1. The fourth-order valence-corrected chi connectivity index (χ4v) is 1.86. The summed E-state index contributed by atoms with van der Waals surface area (Å²) < 4.78 is 26.6. The highest BCUT2D eigenvalue weighted by molar-refractivity contribution is 7.86. The van der Waals surface area contributed by atoms with E-state index < -0.39 is 16.1 Å². The zero-order chi connectivity index (χ0) is 12.6. The molecule has 0 aliphatic heterocycles. The highest BCUT2D eigenvalue weighted by Crippen LogP contribution is 2.03. The summed E-state index contributed by atoms with van der Waals surface area (Å²) in [6.07, 6.45) is 2.11.